The van der Waals surface area contributed by atoms with Gasteiger partial charge in [0.2, 0.25) is 11.8 Å². The third-order valence-corrected chi connectivity index (χ3v) is 8.38. The largest absolute Gasteiger partial charge is 0.350 e. The predicted octanol–water partition coefficient (Wildman–Crippen LogP) is 5.47. The van der Waals surface area contributed by atoms with E-state index in [0.717, 1.165) is 16.7 Å². The topological polar surface area (TPSA) is 86.8 Å². The van der Waals surface area contributed by atoms with Crippen molar-refractivity contribution in [2.75, 3.05) is 10.8 Å². The highest BCUT2D eigenvalue weighted by Crippen LogP contribution is 2.28. The Balaban J connectivity index is 2.09. The Hall–Kier alpha value is -3.65. The van der Waals surface area contributed by atoms with Gasteiger partial charge >= 0.3 is 0 Å². The number of hydrogen-bond donors (Lipinski definition) is 1. The summed E-state index contributed by atoms with van der Waals surface area (Å²) >= 11 is 0. The summed E-state index contributed by atoms with van der Waals surface area (Å²) in [4.78, 5) is 29.2. The molecule has 0 aliphatic heterocycles. The minimum atomic E-state index is -4.09. The lowest BCUT2D eigenvalue weighted by Crippen LogP contribution is -2.55. The van der Waals surface area contributed by atoms with E-state index < -0.39 is 34.1 Å². The summed E-state index contributed by atoms with van der Waals surface area (Å²) in [6.07, 6.45) is 0.959. The van der Waals surface area contributed by atoms with E-state index in [2.05, 4.69) is 5.32 Å². The lowest BCUT2D eigenvalue weighted by Gasteiger charge is -2.35. The van der Waals surface area contributed by atoms with E-state index in [-0.39, 0.29) is 17.3 Å². The molecule has 3 aromatic carbocycles. The van der Waals surface area contributed by atoms with Crippen LogP contribution in [0, 0.1) is 6.92 Å². The lowest BCUT2D eigenvalue weighted by atomic mass is 10.1. The van der Waals surface area contributed by atoms with E-state index >= 15 is 0 Å². The second-order valence-electron chi connectivity index (χ2n) is 11.0. The number of carbonyl (C=O) groups excluding carboxylic acids is 2. The van der Waals surface area contributed by atoms with Crippen molar-refractivity contribution in [1.82, 2.24) is 10.2 Å². The molecule has 0 spiro atoms. The van der Waals surface area contributed by atoms with Crippen molar-refractivity contribution in [1.29, 1.82) is 0 Å². The van der Waals surface area contributed by atoms with Crippen LogP contribution in [0.3, 0.4) is 0 Å². The zero-order valence-electron chi connectivity index (χ0n) is 24.3. The molecule has 0 saturated heterocycles. The van der Waals surface area contributed by atoms with E-state index in [9.17, 15) is 18.0 Å². The van der Waals surface area contributed by atoms with Crippen LogP contribution < -0.4 is 9.62 Å². The quantitative estimate of drug-likeness (QED) is 0.335. The molecule has 0 aromatic heterocycles. The number of hydrogen-bond acceptors (Lipinski definition) is 4. The van der Waals surface area contributed by atoms with E-state index in [4.69, 9.17) is 0 Å². The summed E-state index contributed by atoms with van der Waals surface area (Å²) in [6, 6.07) is 22.3. The number of anilines is 1. The molecular formula is C32H41N3O4S. The molecule has 0 heterocycles. The number of benzene rings is 3. The molecule has 0 saturated carbocycles. The van der Waals surface area contributed by atoms with Gasteiger partial charge in [-0.05, 0) is 69.9 Å². The minimum absolute atomic E-state index is 0.0938. The van der Waals surface area contributed by atoms with Crippen LogP contribution in [0.15, 0.2) is 83.8 Å². The van der Waals surface area contributed by atoms with Crippen molar-refractivity contribution in [2.24, 2.45) is 0 Å². The van der Waals surface area contributed by atoms with Gasteiger partial charge in [-0.3, -0.25) is 13.9 Å². The fourth-order valence-electron chi connectivity index (χ4n) is 4.55. The summed E-state index contributed by atoms with van der Waals surface area (Å²) in [5.41, 5.74) is 2.69. The van der Waals surface area contributed by atoms with Gasteiger partial charge in [-0.2, -0.15) is 0 Å². The van der Waals surface area contributed by atoms with Gasteiger partial charge < -0.3 is 10.2 Å². The van der Waals surface area contributed by atoms with E-state index in [1.54, 1.807) is 30.3 Å². The molecule has 0 bridgehead atoms. The van der Waals surface area contributed by atoms with Gasteiger partial charge in [0, 0.05) is 12.1 Å². The summed E-state index contributed by atoms with van der Waals surface area (Å²) in [5, 5.41) is 3.00. The zero-order chi connectivity index (χ0) is 29.5. The number of nitrogens with one attached hydrogen (secondary N) is 1. The fraction of sp³-hybridized carbons (Fsp3) is 0.375. The minimum Gasteiger partial charge on any atom is -0.350 e. The monoisotopic (exact) mass is 563 g/mol. The summed E-state index contributed by atoms with van der Waals surface area (Å²) < 4.78 is 29.2. The molecule has 7 nitrogen and oxygen atoms in total. The van der Waals surface area contributed by atoms with Crippen LogP contribution in [0.4, 0.5) is 5.69 Å². The third kappa shape index (κ3) is 7.72. The molecule has 214 valence electrons. The smallest absolute Gasteiger partial charge is 0.264 e. The van der Waals surface area contributed by atoms with Crippen LogP contribution in [-0.2, 0) is 32.6 Å². The number of nitrogens with zero attached hydrogens (tertiary/aromatic N) is 2. The Labute approximate surface area is 239 Å². The third-order valence-electron chi connectivity index (χ3n) is 6.61. The highest BCUT2D eigenvalue weighted by molar-refractivity contribution is 7.92. The second kappa shape index (κ2) is 13.1. The SMILES string of the molecule is CCc1ccccc1N(CC(=O)N(Cc1ccc(C)cc1)[C@@H](CC)C(=O)NC(C)(C)C)S(=O)(=O)c1ccccc1. The second-order valence-corrected chi connectivity index (χ2v) is 12.8. The maximum absolute atomic E-state index is 14.2. The zero-order valence-corrected chi connectivity index (χ0v) is 25.2. The molecule has 40 heavy (non-hydrogen) atoms. The molecule has 3 aromatic rings. The Morgan fingerprint density at radius 2 is 1.48 bits per heavy atom. The lowest BCUT2D eigenvalue weighted by molar-refractivity contribution is -0.141. The molecule has 8 heteroatoms. The molecule has 0 fully saturated rings. The highest BCUT2D eigenvalue weighted by Gasteiger charge is 2.35. The van der Waals surface area contributed by atoms with Crippen LogP contribution in [-0.4, -0.2) is 43.3 Å². The molecule has 1 N–H and O–H groups in total. The van der Waals surface area contributed by atoms with Crippen molar-refractivity contribution in [2.45, 2.75) is 77.4 Å². The maximum Gasteiger partial charge on any atom is 0.264 e. The average Bonchev–Trinajstić information content (AvgIpc) is 2.92. The standard InChI is InChI=1S/C32H41N3O4S/c1-7-26-14-12-13-17-29(26)35(40(38,39)27-15-10-9-11-16-27)23-30(36)34(22-25-20-18-24(3)19-21-25)28(8-2)31(37)33-32(4,5)6/h9-21,28H,7-8,22-23H2,1-6H3,(H,33,37)/t28-/m0/s1. The van der Waals surface area contributed by atoms with Gasteiger partial charge in [0.1, 0.15) is 12.6 Å². The molecule has 1 atom stereocenters. The van der Waals surface area contributed by atoms with E-state index in [0.29, 0.717) is 18.5 Å². The van der Waals surface area contributed by atoms with E-state index in [1.807, 2.05) is 77.9 Å². The highest BCUT2D eigenvalue weighted by atomic mass is 32.2. The van der Waals surface area contributed by atoms with Crippen LogP contribution in [0.5, 0.6) is 0 Å². The normalized spacial score (nSPS) is 12.4. The average molecular weight is 564 g/mol. The molecule has 0 radical (unpaired) electrons. The number of carbonyl (C=O) groups is 2. The first-order chi connectivity index (χ1) is 18.9. The number of para-hydroxylation sites is 1. The summed E-state index contributed by atoms with van der Waals surface area (Å²) in [6.45, 7) is 11.2. The van der Waals surface area contributed by atoms with Gasteiger partial charge in [-0.1, -0.05) is 80.1 Å². The Kier molecular flexibility index (Phi) is 10.1. The molecule has 0 aliphatic carbocycles. The number of rotatable bonds is 11. The maximum atomic E-state index is 14.2. The summed E-state index contributed by atoms with van der Waals surface area (Å²) in [7, 11) is -4.09. The summed E-state index contributed by atoms with van der Waals surface area (Å²) in [5.74, 6) is -0.733. The van der Waals surface area contributed by atoms with Gasteiger partial charge in [-0.15, -0.1) is 0 Å². The fourth-order valence-corrected chi connectivity index (χ4v) is 6.02. The van der Waals surface area contributed by atoms with Crippen molar-refractivity contribution >= 4 is 27.5 Å². The number of sulfonamides is 1. The van der Waals surface area contributed by atoms with Crippen molar-refractivity contribution in [3.63, 3.8) is 0 Å². The predicted molar refractivity (Wildman–Crippen MR) is 160 cm³/mol. The molecule has 2 amide bonds. The van der Waals surface area contributed by atoms with Crippen LogP contribution >= 0.6 is 0 Å². The Morgan fingerprint density at radius 3 is 2.05 bits per heavy atom. The Bertz CT molecular complexity index is 1400. The van der Waals surface area contributed by atoms with Gasteiger partial charge in [-0.25, -0.2) is 8.42 Å². The Morgan fingerprint density at radius 1 is 0.875 bits per heavy atom. The number of aryl methyl sites for hydroxylation is 2. The van der Waals surface area contributed by atoms with Crippen molar-refractivity contribution in [3.8, 4) is 0 Å². The van der Waals surface area contributed by atoms with Crippen LogP contribution in [0.1, 0.15) is 57.7 Å². The van der Waals surface area contributed by atoms with Gasteiger partial charge in [0.15, 0.2) is 0 Å². The first-order valence-electron chi connectivity index (χ1n) is 13.7. The molecular weight excluding hydrogens is 522 g/mol. The van der Waals surface area contributed by atoms with Crippen molar-refractivity contribution < 1.29 is 18.0 Å². The molecule has 0 unspecified atom stereocenters. The first kappa shape index (κ1) is 30.9. The molecule has 3 rings (SSSR count). The first-order valence-corrected chi connectivity index (χ1v) is 15.1. The van der Waals surface area contributed by atoms with Gasteiger partial charge in [0.05, 0.1) is 10.6 Å². The van der Waals surface area contributed by atoms with Crippen molar-refractivity contribution in [3.05, 3.63) is 95.6 Å². The van der Waals surface area contributed by atoms with E-state index in [1.165, 1.54) is 21.3 Å². The van der Waals surface area contributed by atoms with Crippen LogP contribution in [0.25, 0.3) is 0 Å². The van der Waals surface area contributed by atoms with Crippen LogP contribution in [0.2, 0.25) is 0 Å². The number of amides is 2. The molecule has 0 aliphatic rings. The van der Waals surface area contributed by atoms with Gasteiger partial charge in [0.25, 0.3) is 10.0 Å².